The first-order valence-electron chi connectivity index (χ1n) is 10.6. The van der Waals surface area contributed by atoms with Gasteiger partial charge in [-0.25, -0.2) is 4.79 Å². The monoisotopic (exact) mass is 425 g/mol. The van der Waals surface area contributed by atoms with Crippen LogP contribution < -0.4 is 4.90 Å². The van der Waals surface area contributed by atoms with E-state index in [1.165, 1.54) is 14.0 Å². The molecule has 3 rings (SSSR count). The van der Waals surface area contributed by atoms with E-state index < -0.39 is 0 Å². The molecule has 2 aromatic rings. The van der Waals surface area contributed by atoms with Crippen LogP contribution in [0.1, 0.15) is 63.2 Å². The number of anilines is 1. The van der Waals surface area contributed by atoms with Crippen LogP contribution in [0.2, 0.25) is 0 Å². The number of rotatable bonds is 6. The molecule has 2 unspecified atom stereocenters. The molecule has 1 fully saturated rings. The Bertz CT molecular complexity index is 993. The summed E-state index contributed by atoms with van der Waals surface area (Å²) in [6.45, 7) is 11.5. The summed E-state index contributed by atoms with van der Waals surface area (Å²) in [6, 6.07) is 7.27. The first-order valence-corrected chi connectivity index (χ1v) is 10.6. The Morgan fingerprint density at radius 1 is 1.13 bits per heavy atom. The van der Waals surface area contributed by atoms with Crippen molar-refractivity contribution < 1.29 is 19.1 Å². The van der Waals surface area contributed by atoms with Crippen molar-refractivity contribution in [2.24, 2.45) is 0 Å². The van der Waals surface area contributed by atoms with Gasteiger partial charge in [-0.3, -0.25) is 14.5 Å². The molecule has 1 saturated heterocycles. The summed E-state index contributed by atoms with van der Waals surface area (Å²) in [5.74, 6) is -0.367. The number of aryl methyl sites for hydroxylation is 1. The largest absolute Gasteiger partial charge is 0.465 e. The zero-order valence-electron chi connectivity index (χ0n) is 19.1. The number of ketones is 2. The molecule has 0 radical (unpaired) electrons. The summed E-state index contributed by atoms with van der Waals surface area (Å²) in [7, 11) is 1.37. The summed E-state index contributed by atoms with van der Waals surface area (Å²) in [6.07, 6.45) is 0. The van der Waals surface area contributed by atoms with Crippen molar-refractivity contribution in [1.82, 2.24) is 9.88 Å². The van der Waals surface area contributed by atoms with E-state index in [0.29, 0.717) is 16.8 Å². The number of methoxy groups -OCH3 is 1. The molecule has 1 N–H and O–H groups in total. The highest BCUT2D eigenvalue weighted by molar-refractivity contribution is 6.05. The number of nitrogens with zero attached hydrogens (tertiary/aromatic N) is 2. The van der Waals surface area contributed by atoms with Gasteiger partial charge in [-0.2, -0.15) is 0 Å². The Labute approximate surface area is 183 Å². The van der Waals surface area contributed by atoms with Crippen molar-refractivity contribution >= 4 is 23.2 Å². The fourth-order valence-corrected chi connectivity index (χ4v) is 4.59. The maximum absolute atomic E-state index is 13.2. The maximum atomic E-state index is 13.2. The summed E-state index contributed by atoms with van der Waals surface area (Å²) in [4.78, 5) is 44.4. The lowest BCUT2D eigenvalue weighted by Crippen LogP contribution is -2.56. The van der Waals surface area contributed by atoms with Crippen molar-refractivity contribution in [3.05, 3.63) is 52.3 Å². The number of piperazine rings is 1. The zero-order valence-corrected chi connectivity index (χ0v) is 19.1. The molecule has 1 aromatic carbocycles. The predicted octanol–water partition coefficient (Wildman–Crippen LogP) is 3.40. The van der Waals surface area contributed by atoms with E-state index in [-0.39, 0.29) is 29.6 Å². The number of nitrogens with one attached hydrogen (secondary N) is 1. The molecule has 31 heavy (non-hydrogen) atoms. The average Bonchev–Trinajstić information content (AvgIpc) is 3.06. The smallest absolute Gasteiger partial charge is 0.337 e. The second-order valence-electron chi connectivity index (χ2n) is 8.29. The Morgan fingerprint density at radius 3 is 2.29 bits per heavy atom. The Balaban J connectivity index is 1.71. The first kappa shape index (κ1) is 22.7. The van der Waals surface area contributed by atoms with Gasteiger partial charge in [0, 0.05) is 42.6 Å². The molecular weight excluding hydrogens is 394 g/mol. The number of ether oxygens (including phenoxy) is 1. The Hall–Kier alpha value is -2.93. The van der Waals surface area contributed by atoms with Crippen LogP contribution in [0, 0.1) is 13.8 Å². The first-order chi connectivity index (χ1) is 14.6. The number of esters is 1. The van der Waals surface area contributed by atoms with Crippen LogP contribution >= 0.6 is 0 Å². The minimum atomic E-state index is -0.347. The van der Waals surface area contributed by atoms with Crippen molar-refractivity contribution in [1.29, 1.82) is 0 Å². The lowest BCUT2D eigenvalue weighted by atomic mass is 10.0. The number of carbonyl (C=O) groups excluding carboxylic acids is 3. The number of hydrogen-bond donors (Lipinski definition) is 1. The van der Waals surface area contributed by atoms with Crippen LogP contribution in [0.15, 0.2) is 24.3 Å². The molecule has 0 spiro atoms. The van der Waals surface area contributed by atoms with E-state index in [9.17, 15) is 14.4 Å². The number of aromatic nitrogens is 1. The Morgan fingerprint density at radius 2 is 1.77 bits per heavy atom. The predicted molar refractivity (Wildman–Crippen MR) is 120 cm³/mol. The molecule has 2 atom stereocenters. The molecule has 166 valence electrons. The molecule has 0 bridgehead atoms. The second kappa shape index (κ2) is 9.06. The van der Waals surface area contributed by atoms with Gasteiger partial charge in [0.25, 0.3) is 0 Å². The fourth-order valence-electron chi connectivity index (χ4n) is 4.59. The number of hydrogen-bond acceptors (Lipinski definition) is 6. The van der Waals surface area contributed by atoms with Crippen LogP contribution in [0.4, 0.5) is 5.69 Å². The highest BCUT2D eigenvalue weighted by atomic mass is 16.5. The molecule has 0 aliphatic carbocycles. The molecule has 1 aliphatic heterocycles. The van der Waals surface area contributed by atoms with E-state index in [4.69, 9.17) is 4.74 Å². The quantitative estimate of drug-likeness (QED) is 0.564. The van der Waals surface area contributed by atoms with E-state index in [2.05, 4.69) is 21.7 Å². The van der Waals surface area contributed by atoms with E-state index in [0.717, 1.165) is 36.6 Å². The standard InChI is InChI=1S/C24H31N3O4/c1-14-13-26(20-9-7-19(8-10-20)24(30)31-6)11-12-27(14)17(4)23(29)22-15(2)21(18(5)28)16(3)25-22/h7-10,14,17,25H,11-13H2,1-6H3. The fraction of sp³-hybridized carbons (Fsp3) is 0.458. The number of Topliss-reactive ketones (excluding diaryl/α,β-unsaturated/α-hetero) is 2. The number of carbonyl (C=O) groups is 3. The molecule has 1 aliphatic rings. The van der Waals surface area contributed by atoms with Crippen molar-refractivity contribution in [2.45, 2.75) is 46.7 Å². The summed E-state index contributed by atoms with van der Waals surface area (Å²) in [5, 5.41) is 0. The van der Waals surface area contributed by atoms with E-state index in [1.807, 2.05) is 32.9 Å². The minimum absolute atomic E-state index is 0.0100. The van der Waals surface area contributed by atoms with Crippen molar-refractivity contribution in [3.63, 3.8) is 0 Å². The van der Waals surface area contributed by atoms with Crippen LogP contribution in [0.3, 0.4) is 0 Å². The third-order valence-electron chi connectivity index (χ3n) is 6.25. The van der Waals surface area contributed by atoms with Gasteiger partial charge in [0.15, 0.2) is 11.6 Å². The molecule has 0 amide bonds. The summed E-state index contributed by atoms with van der Waals surface area (Å²) >= 11 is 0. The Kier molecular flexibility index (Phi) is 6.65. The topological polar surface area (TPSA) is 82.7 Å². The van der Waals surface area contributed by atoms with Gasteiger partial charge in [-0.05, 0) is 64.4 Å². The number of aromatic amines is 1. The molecule has 2 heterocycles. The number of benzene rings is 1. The van der Waals surface area contributed by atoms with Gasteiger partial charge < -0.3 is 14.6 Å². The molecule has 0 saturated carbocycles. The highest BCUT2D eigenvalue weighted by Gasteiger charge is 2.33. The van der Waals surface area contributed by atoms with Crippen molar-refractivity contribution in [2.75, 3.05) is 31.6 Å². The number of H-pyrrole nitrogens is 1. The lowest BCUT2D eigenvalue weighted by Gasteiger charge is -2.43. The van der Waals surface area contributed by atoms with Crippen molar-refractivity contribution in [3.8, 4) is 0 Å². The average molecular weight is 426 g/mol. The molecule has 7 heteroatoms. The molecular formula is C24H31N3O4. The van der Waals surface area contributed by atoms with E-state index >= 15 is 0 Å². The molecule has 7 nitrogen and oxygen atoms in total. The summed E-state index contributed by atoms with van der Waals surface area (Å²) < 4.78 is 4.76. The minimum Gasteiger partial charge on any atom is -0.465 e. The van der Waals surface area contributed by atoms with Crippen LogP contribution in [0.25, 0.3) is 0 Å². The maximum Gasteiger partial charge on any atom is 0.337 e. The van der Waals surface area contributed by atoms with Gasteiger partial charge in [-0.15, -0.1) is 0 Å². The van der Waals surface area contributed by atoms with Crippen LogP contribution in [-0.4, -0.2) is 66.2 Å². The van der Waals surface area contributed by atoms with Gasteiger partial charge in [0.1, 0.15) is 0 Å². The van der Waals surface area contributed by atoms with Gasteiger partial charge in [0.2, 0.25) is 0 Å². The van der Waals surface area contributed by atoms with Crippen LogP contribution in [-0.2, 0) is 4.74 Å². The van der Waals surface area contributed by atoms with Gasteiger partial charge in [0.05, 0.1) is 24.4 Å². The summed E-state index contributed by atoms with van der Waals surface area (Å²) in [5.41, 5.74) is 4.19. The van der Waals surface area contributed by atoms with E-state index in [1.54, 1.807) is 12.1 Å². The van der Waals surface area contributed by atoms with Gasteiger partial charge >= 0.3 is 5.97 Å². The molecule has 1 aromatic heterocycles. The highest BCUT2D eigenvalue weighted by Crippen LogP contribution is 2.25. The third-order valence-corrected chi connectivity index (χ3v) is 6.25. The zero-order chi connectivity index (χ0) is 22.9. The third kappa shape index (κ3) is 4.42. The second-order valence-corrected chi connectivity index (χ2v) is 8.29. The van der Waals surface area contributed by atoms with Crippen LogP contribution in [0.5, 0.6) is 0 Å². The normalized spacial score (nSPS) is 18.0. The lowest BCUT2D eigenvalue weighted by molar-refractivity contribution is 0.0600. The van der Waals surface area contributed by atoms with Gasteiger partial charge in [-0.1, -0.05) is 0 Å². The SMILES string of the molecule is COC(=O)c1ccc(N2CCN(C(C)C(=O)c3[nH]c(C)c(C(C)=O)c3C)C(C)C2)cc1.